The van der Waals surface area contributed by atoms with E-state index in [4.69, 9.17) is 21.1 Å². The molecule has 128 valence electrons. The number of hydrogen-bond acceptors (Lipinski definition) is 3. The van der Waals surface area contributed by atoms with E-state index in [9.17, 15) is 4.79 Å². The number of nitrogens with zero attached hydrogens (tertiary/aromatic N) is 1. The maximum Gasteiger partial charge on any atom is 0.255 e. The smallest absolute Gasteiger partial charge is 0.255 e. The molecule has 2 rings (SSSR count). The van der Waals surface area contributed by atoms with Gasteiger partial charge in [-0.3, -0.25) is 4.79 Å². The number of halogens is 1. The van der Waals surface area contributed by atoms with Gasteiger partial charge in [0.2, 0.25) is 0 Å². The first-order valence-electron chi connectivity index (χ1n) is 8.51. The molecule has 0 radical (unpaired) electrons. The van der Waals surface area contributed by atoms with Crippen molar-refractivity contribution in [1.29, 1.82) is 0 Å². The number of amides is 1. The average Bonchev–Trinajstić information content (AvgIpc) is 2.58. The van der Waals surface area contributed by atoms with E-state index < -0.39 is 0 Å². The third kappa shape index (κ3) is 5.70. The van der Waals surface area contributed by atoms with Crippen molar-refractivity contribution in [2.45, 2.75) is 39.0 Å². The van der Waals surface area contributed by atoms with E-state index in [0.29, 0.717) is 43.5 Å². The van der Waals surface area contributed by atoms with Crippen LogP contribution in [0.15, 0.2) is 18.2 Å². The molecule has 0 aromatic heterocycles. The van der Waals surface area contributed by atoms with Gasteiger partial charge in [-0.15, -0.1) is 0 Å². The summed E-state index contributed by atoms with van der Waals surface area (Å²) in [6.07, 6.45) is 6.02. The van der Waals surface area contributed by atoms with Crippen LogP contribution in [0.4, 0.5) is 0 Å². The van der Waals surface area contributed by atoms with Crippen LogP contribution in [-0.2, 0) is 4.74 Å². The minimum Gasteiger partial charge on any atom is -0.494 e. The first-order chi connectivity index (χ1) is 11.2. The SMILES string of the molecule is CCCCCCCOc1ccc(C(=O)N2CCOCC2)c(Cl)c1. The molecule has 1 aliphatic heterocycles. The lowest BCUT2D eigenvalue weighted by atomic mass is 10.1. The van der Waals surface area contributed by atoms with E-state index in [1.54, 1.807) is 17.0 Å². The van der Waals surface area contributed by atoms with Crippen molar-refractivity contribution in [3.05, 3.63) is 28.8 Å². The topological polar surface area (TPSA) is 38.8 Å². The lowest BCUT2D eigenvalue weighted by Crippen LogP contribution is -2.40. The van der Waals surface area contributed by atoms with Crippen molar-refractivity contribution in [3.63, 3.8) is 0 Å². The molecule has 0 atom stereocenters. The molecule has 0 bridgehead atoms. The van der Waals surface area contributed by atoms with Crippen molar-refractivity contribution < 1.29 is 14.3 Å². The Labute approximate surface area is 143 Å². The highest BCUT2D eigenvalue weighted by Crippen LogP contribution is 2.24. The van der Waals surface area contributed by atoms with Gasteiger partial charge < -0.3 is 14.4 Å². The van der Waals surface area contributed by atoms with Crippen molar-refractivity contribution in [2.24, 2.45) is 0 Å². The van der Waals surface area contributed by atoms with Crippen molar-refractivity contribution in [2.75, 3.05) is 32.9 Å². The predicted molar refractivity (Wildman–Crippen MR) is 92.4 cm³/mol. The first kappa shape index (κ1) is 18.1. The molecule has 4 nitrogen and oxygen atoms in total. The number of rotatable bonds is 8. The molecule has 0 saturated carbocycles. The Morgan fingerprint density at radius 1 is 1.22 bits per heavy atom. The molecule has 1 heterocycles. The second-order valence-electron chi connectivity index (χ2n) is 5.81. The van der Waals surface area contributed by atoms with Crippen LogP contribution < -0.4 is 4.74 Å². The standard InChI is InChI=1S/C18H26ClNO3/c1-2-3-4-5-6-11-23-15-7-8-16(17(19)14-15)18(21)20-9-12-22-13-10-20/h7-8,14H,2-6,9-13H2,1H3. The normalized spacial score (nSPS) is 14.8. The lowest BCUT2D eigenvalue weighted by molar-refractivity contribution is 0.0303. The minimum absolute atomic E-state index is 0.0376. The van der Waals surface area contributed by atoms with Crippen LogP contribution in [0.2, 0.25) is 5.02 Å². The Kier molecular flexibility index (Phi) is 7.69. The van der Waals surface area contributed by atoms with E-state index in [1.165, 1.54) is 25.7 Å². The molecule has 0 unspecified atom stereocenters. The second-order valence-corrected chi connectivity index (χ2v) is 6.22. The van der Waals surface area contributed by atoms with Crippen LogP contribution in [0.3, 0.4) is 0 Å². The van der Waals surface area contributed by atoms with Gasteiger partial charge in [-0.05, 0) is 24.6 Å². The Balaban J connectivity index is 1.83. The van der Waals surface area contributed by atoms with E-state index >= 15 is 0 Å². The molecule has 1 aromatic rings. The van der Waals surface area contributed by atoms with Gasteiger partial charge in [-0.1, -0.05) is 44.2 Å². The Morgan fingerprint density at radius 3 is 2.65 bits per heavy atom. The molecule has 1 fully saturated rings. The number of hydrogen-bond donors (Lipinski definition) is 0. The fraction of sp³-hybridized carbons (Fsp3) is 0.611. The zero-order valence-electron chi connectivity index (χ0n) is 13.9. The van der Waals surface area contributed by atoms with Crippen LogP contribution >= 0.6 is 11.6 Å². The highest BCUT2D eigenvalue weighted by molar-refractivity contribution is 6.34. The Hall–Kier alpha value is -1.26. The molecule has 23 heavy (non-hydrogen) atoms. The maximum absolute atomic E-state index is 12.4. The van der Waals surface area contributed by atoms with Gasteiger partial charge in [0, 0.05) is 13.1 Å². The predicted octanol–water partition coefficient (Wildman–Crippen LogP) is 4.16. The zero-order chi connectivity index (χ0) is 16.5. The van der Waals surface area contributed by atoms with E-state index in [0.717, 1.165) is 12.2 Å². The molecule has 0 aliphatic carbocycles. The van der Waals surface area contributed by atoms with Crippen LogP contribution in [-0.4, -0.2) is 43.7 Å². The summed E-state index contributed by atoms with van der Waals surface area (Å²) in [6.45, 7) is 5.30. The quantitative estimate of drug-likeness (QED) is 0.667. The third-order valence-corrected chi connectivity index (χ3v) is 4.30. The lowest BCUT2D eigenvalue weighted by Gasteiger charge is -2.27. The Morgan fingerprint density at radius 2 is 1.96 bits per heavy atom. The fourth-order valence-corrected chi connectivity index (χ4v) is 2.84. The summed E-state index contributed by atoms with van der Waals surface area (Å²) in [4.78, 5) is 14.2. The zero-order valence-corrected chi connectivity index (χ0v) is 14.6. The molecular weight excluding hydrogens is 314 g/mol. The summed E-state index contributed by atoms with van der Waals surface area (Å²) in [5.41, 5.74) is 0.531. The van der Waals surface area contributed by atoms with Crippen LogP contribution in [0, 0.1) is 0 Å². The molecular formula is C18H26ClNO3. The fourth-order valence-electron chi connectivity index (χ4n) is 2.59. The van der Waals surface area contributed by atoms with Gasteiger partial charge >= 0.3 is 0 Å². The molecule has 0 spiro atoms. The summed E-state index contributed by atoms with van der Waals surface area (Å²) < 4.78 is 11.0. The number of carbonyl (C=O) groups excluding carboxylic acids is 1. The molecule has 1 amide bonds. The number of ether oxygens (including phenoxy) is 2. The highest BCUT2D eigenvalue weighted by atomic mass is 35.5. The molecule has 1 aliphatic rings. The van der Waals surface area contributed by atoms with Gasteiger partial charge in [0.1, 0.15) is 5.75 Å². The Bertz CT molecular complexity index is 501. The van der Waals surface area contributed by atoms with Gasteiger partial charge in [-0.2, -0.15) is 0 Å². The number of unbranched alkanes of at least 4 members (excludes halogenated alkanes) is 4. The van der Waals surface area contributed by atoms with Crippen LogP contribution in [0.25, 0.3) is 0 Å². The molecule has 1 saturated heterocycles. The molecule has 0 N–H and O–H groups in total. The van der Waals surface area contributed by atoms with Crippen molar-refractivity contribution in [3.8, 4) is 5.75 Å². The highest BCUT2D eigenvalue weighted by Gasteiger charge is 2.20. The monoisotopic (exact) mass is 339 g/mol. The van der Waals surface area contributed by atoms with Crippen molar-refractivity contribution in [1.82, 2.24) is 4.90 Å². The van der Waals surface area contributed by atoms with E-state index in [-0.39, 0.29) is 5.91 Å². The average molecular weight is 340 g/mol. The number of carbonyl (C=O) groups is 1. The number of morpholine rings is 1. The molecule has 1 aromatic carbocycles. The van der Waals surface area contributed by atoms with Gasteiger partial charge in [-0.25, -0.2) is 0 Å². The van der Waals surface area contributed by atoms with Crippen LogP contribution in [0.1, 0.15) is 49.4 Å². The first-order valence-corrected chi connectivity index (χ1v) is 8.89. The summed E-state index contributed by atoms with van der Waals surface area (Å²) in [6, 6.07) is 5.32. The van der Waals surface area contributed by atoms with E-state index in [2.05, 4.69) is 6.92 Å². The number of benzene rings is 1. The summed E-state index contributed by atoms with van der Waals surface area (Å²) >= 11 is 6.27. The van der Waals surface area contributed by atoms with Crippen molar-refractivity contribution >= 4 is 17.5 Å². The van der Waals surface area contributed by atoms with E-state index in [1.807, 2.05) is 6.07 Å². The summed E-state index contributed by atoms with van der Waals surface area (Å²) in [5, 5.41) is 0.449. The summed E-state index contributed by atoms with van der Waals surface area (Å²) in [5.74, 6) is 0.688. The third-order valence-electron chi connectivity index (χ3n) is 3.99. The van der Waals surface area contributed by atoms with Gasteiger partial charge in [0.25, 0.3) is 5.91 Å². The van der Waals surface area contributed by atoms with Crippen LogP contribution in [0.5, 0.6) is 5.75 Å². The maximum atomic E-state index is 12.4. The summed E-state index contributed by atoms with van der Waals surface area (Å²) in [7, 11) is 0. The minimum atomic E-state index is -0.0376. The molecule has 5 heteroatoms. The largest absolute Gasteiger partial charge is 0.494 e. The van der Waals surface area contributed by atoms with Gasteiger partial charge in [0.05, 0.1) is 30.4 Å². The second kappa shape index (κ2) is 9.78. The van der Waals surface area contributed by atoms with Gasteiger partial charge in [0.15, 0.2) is 0 Å².